The summed E-state index contributed by atoms with van der Waals surface area (Å²) < 4.78 is 0.550. The smallest absolute Gasteiger partial charge is 0.273 e. The zero-order valence-corrected chi connectivity index (χ0v) is 14.4. The molecule has 0 aromatic carbocycles. The van der Waals surface area contributed by atoms with Gasteiger partial charge in [0, 0.05) is 23.8 Å². The first-order valence-electron chi connectivity index (χ1n) is 6.25. The second-order valence-electron chi connectivity index (χ2n) is 4.69. The largest absolute Gasteiger partial charge is 0.392 e. The van der Waals surface area contributed by atoms with Crippen molar-refractivity contribution >= 4 is 50.8 Å². The number of pyridine rings is 1. The van der Waals surface area contributed by atoms with Gasteiger partial charge in [-0.15, -0.1) is 0 Å². The third-order valence-electron chi connectivity index (χ3n) is 3.66. The van der Waals surface area contributed by atoms with Crippen LogP contribution in [0, 0.1) is 0 Å². The van der Waals surface area contributed by atoms with E-state index in [2.05, 4.69) is 20.9 Å². The van der Waals surface area contributed by atoms with Gasteiger partial charge in [-0.1, -0.05) is 12.2 Å². The Hall–Kier alpha value is -0.660. The topological polar surface area (TPSA) is 59.2 Å². The first-order chi connectivity index (χ1) is 9.50. The molecule has 1 aromatic heterocycles. The number of nitrogens with two attached hydrogens (primary N) is 1. The number of thiocarbonyl (C=S) groups is 1. The Kier molecular flexibility index (Phi) is 5.04. The number of likely N-dealkylation sites (tertiary alicyclic amines) is 1. The molecule has 0 unspecified atom stereocenters. The van der Waals surface area contributed by atoms with Crippen molar-refractivity contribution in [3.05, 3.63) is 28.5 Å². The summed E-state index contributed by atoms with van der Waals surface area (Å²) in [5, 5.41) is 0. The first-order valence-corrected chi connectivity index (χ1v) is 8.67. The maximum absolute atomic E-state index is 12.5. The molecule has 1 aliphatic rings. The van der Waals surface area contributed by atoms with Crippen molar-refractivity contribution in [1.29, 1.82) is 0 Å². The van der Waals surface area contributed by atoms with Crippen molar-refractivity contribution < 1.29 is 4.79 Å². The summed E-state index contributed by atoms with van der Waals surface area (Å²) in [4.78, 5) is 19.0. The first kappa shape index (κ1) is 15.7. The van der Waals surface area contributed by atoms with E-state index in [1.54, 1.807) is 24.0 Å². The van der Waals surface area contributed by atoms with Gasteiger partial charge >= 0.3 is 0 Å². The minimum atomic E-state index is -0.173. The quantitative estimate of drug-likeness (QED) is 0.824. The molecule has 0 atom stereocenters. The van der Waals surface area contributed by atoms with E-state index >= 15 is 0 Å². The lowest BCUT2D eigenvalue weighted by Crippen LogP contribution is -2.50. The minimum absolute atomic E-state index is 0.0462. The maximum Gasteiger partial charge on any atom is 0.273 e. The highest BCUT2D eigenvalue weighted by molar-refractivity contribution is 9.10. The number of piperidine rings is 1. The molecule has 0 aliphatic carbocycles. The Balaban J connectivity index is 2.10. The molecule has 20 heavy (non-hydrogen) atoms. The van der Waals surface area contributed by atoms with Crippen LogP contribution in [0.3, 0.4) is 0 Å². The molecule has 0 bridgehead atoms. The molecule has 1 fully saturated rings. The van der Waals surface area contributed by atoms with Crippen LogP contribution >= 0.6 is 39.9 Å². The molecule has 7 heteroatoms. The summed E-state index contributed by atoms with van der Waals surface area (Å²) >= 11 is 10.2. The van der Waals surface area contributed by atoms with Crippen molar-refractivity contribution in [1.82, 2.24) is 9.88 Å². The van der Waals surface area contributed by atoms with Crippen molar-refractivity contribution in [2.75, 3.05) is 19.3 Å². The van der Waals surface area contributed by atoms with E-state index < -0.39 is 0 Å². The van der Waals surface area contributed by atoms with Crippen molar-refractivity contribution in [3.63, 3.8) is 0 Å². The van der Waals surface area contributed by atoms with Gasteiger partial charge < -0.3 is 10.6 Å². The van der Waals surface area contributed by atoms with Crippen LogP contribution in [0.1, 0.15) is 23.3 Å². The predicted molar refractivity (Wildman–Crippen MR) is 90.1 cm³/mol. The highest BCUT2D eigenvalue weighted by Crippen LogP contribution is 2.35. The Morgan fingerprint density at radius 3 is 2.70 bits per heavy atom. The van der Waals surface area contributed by atoms with Gasteiger partial charge in [-0.25, -0.2) is 4.98 Å². The third-order valence-corrected chi connectivity index (χ3v) is 6.23. The fourth-order valence-electron chi connectivity index (χ4n) is 2.31. The fourth-order valence-corrected chi connectivity index (χ4v) is 3.99. The number of halogens is 1. The molecule has 1 aromatic rings. The van der Waals surface area contributed by atoms with Crippen LogP contribution < -0.4 is 5.73 Å². The third kappa shape index (κ3) is 2.99. The monoisotopic (exact) mass is 373 g/mol. The lowest BCUT2D eigenvalue weighted by molar-refractivity contribution is 0.0712. The van der Waals surface area contributed by atoms with Crippen LogP contribution in [0.15, 0.2) is 22.8 Å². The number of carbonyl (C=O) groups is 1. The van der Waals surface area contributed by atoms with Gasteiger partial charge in [-0.05, 0) is 47.2 Å². The Morgan fingerprint density at radius 1 is 1.55 bits per heavy atom. The zero-order chi connectivity index (χ0) is 14.8. The minimum Gasteiger partial charge on any atom is -0.392 e. The molecule has 0 spiro atoms. The molecule has 108 valence electrons. The van der Waals surface area contributed by atoms with Gasteiger partial charge in [0.2, 0.25) is 0 Å². The lowest BCUT2D eigenvalue weighted by Gasteiger charge is -2.39. The highest BCUT2D eigenvalue weighted by atomic mass is 79.9. The molecular weight excluding hydrogens is 358 g/mol. The Bertz CT molecular complexity index is 530. The van der Waals surface area contributed by atoms with Crippen molar-refractivity contribution in [2.24, 2.45) is 5.73 Å². The summed E-state index contributed by atoms with van der Waals surface area (Å²) in [6, 6.07) is 3.62. The van der Waals surface area contributed by atoms with Gasteiger partial charge in [0.1, 0.15) is 5.69 Å². The number of nitrogens with zero attached hydrogens (tertiary/aromatic N) is 2. The van der Waals surface area contributed by atoms with E-state index in [9.17, 15) is 4.79 Å². The van der Waals surface area contributed by atoms with E-state index in [4.69, 9.17) is 18.0 Å². The van der Waals surface area contributed by atoms with E-state index in [1.165, 1.54) is 0 Å². The number of carbonyl (C=O) groups excluding carboxylic acids is 1. The highest BCUT2D eigenvalue weighted by Gasteiger charge is 2.38. The number of amides is 1. The van der Waals surface area contributed by atoms with E-state index in [1.807, 2.05) is 17.2 Å². The van der Waals surface area contributed by atoms with Crippen LogP contribution in [-0.2, 0) is 0 Å². The van der Waals surface area contributed by atoms with E-state index in [0.29, 0.717) is 23.8 Å². The predicted octanol–water partition coefficient (Wildman–Crippen LogP) is 2.47. The average molecular weight is 374 g/mol. The SMILES string of the molecule is CSC1(C(N)=S)CCN(C(=O)c2ncccc2Br)CC1. The number of rotatable bonds is 3. The average Bonchev–Trinajstić information content (AvgIpc) is 2.47. The van der Waals surface area contributed by atoms with Gasteiger partial charge in [0.25, 0.3) is 5.91 Å². The summed E-state index contributed by atoms with van der Waals surface area (Å²) in [5.41, 5.74) is 6.31. The Labute approximate surface area is 136 Å². The molecule has 1 amide bonds. The summed E-state index contributed by atoms with van der Waals surface area (Å²) in [5.74, 6) is -0.0462. The lowest BCUT2D eigenvalue weighted by atomic mass is 9.95. The van der Waals surface area contributed by atoms with Gasteiger partial charge in [0.15, 0.2) is 0 Å². The number of hydrogen-bond donors (Lipinski definition) is 1. The summed E-state index contributed by atoms with van der Waals surface area (Å²) in [7, 11) is 0. The van der Waals surface area contributed by atoms with Crippen LogP contribution in [-0.4, -0.2) is 44.9 Å². The maximum atomic E-state index is 12.5. The standard InChI is InChI=1S/C13H16BrN3OS2/c1-20-13(12(15)19)4-7-17(8-5-13)11(18)10-9(14)3-2-6-16-10/h2-3,6H,4-5,7-8H2,1H3,(H2,15,19). The van der Waals surface area contributed by atoms with E-state index in [-0.39, 0.29) is 10.7 Å². The van der Waals surface area contributed by atoms with Crippen LogP contribution in [0.2, 0.25) is 0 Å². The molecule has 4 nitrogen and oxygen atoms in total. The van der Waals surface area contributed by atoms with Gasteiger partial charge in [-0.2, -0.15) is 11.8 Å². The van der Waals surface area contributed by atoms with Crippen LogP contribution in [0.4, 0.5) is 0 Å². The molecule has 2 N–H and O–H groups in total. The zero-order valence-electron chi connectivity index (χ0n) is 11.1. The molecular formula is C13H16BrN3OS2. The van der Waals surface area contributed by atoms with Crippen molar-refractivity contribution in [2.45, 2.75) is 17.6 Å². The molecule has 1 saturated heterocycles. The molecule has 2 rings (SSSR count). The summed E-state index contributed by atoms with van der Waals surface area (Å²) in [6.45, 7) is 1.31. The number of hydrogen-bond acceptors (Lipinski definition) is 4. The number of aromatic nitrogens is 1. The number of thioether (sulfide) groups is 1. The normalized spacial score (nSPS) is 17.8. The summed E-state index contributed by atoms with van der Waals surface area (Å²) in [6.07, 6.45) is 5.23. The Morgan fingerprint density at radius 2 is 2.20 bits per heavy atom. The van der Waals surface area contributed by atoms with Crippen LogP contribution in [0.25, 0.3) is 0 Å². The van der Waals surface area contributed by atoms with Gasteiger partial charge in [0.05, 0.1) is 9.74 Å². The van der Waals surface area contributed by atoms with Gasteiger partial charge in [-0.3, -0.25) is 4.79 Å². The van der Waals surface area contributed by atoms with Crippen molar-refractivity contribution in [3.8, 4) is 0 Å². The fraction of sp³-hybridized carbons (Fsp3) is 0.462. The van der Waals surface area contributed by atoms with E-state index in [0.717, 1.165) is 17.3 Å². The van der Waals surface area contributed by atoms with Crippen LogP contribution in [0.5, 0.6) is 0 Å². The second-order valence-corrected chi connectivity index (χ2v) is 7.17. The molecule has 2 heterocycles. The molecule has 1 aliphatic heterocycles. The second kappa shape index (κ2) is 6.41. The molecule has 0 saturated carbocycles. The molecule has 0 radical (unpaired) electrons.